The fourth-order valence-corrected chi connectivity index (χ4v) is 4.65. The van der Waals surface area contributed by atoms with Crippen LogP contribution in [0, 0.1) is 0 Å². The third-order valence-corrected chi connectivity index (χ3v) is 6.76. The number of hydrogen-bond donors (Lipinski definition) is 1. The maximum Gasteiger partial charge on any atom is 0.261 e. The number of nitrogens with one attached hydrogen (secondary N) is 1. The summed E-state index contributed by atoms with van der Waals surface area (Å²) >= 11 is 0. The molecule has 0 radical (unpaired) electrons. The molecule has 154 valence electrons. The summed E-state index contributed by atoms with van der Waals surface area (Å²) in [7, 11) is -1.63. The minimum atomic E-state index is -3.73. The predicted molar refractivity (Wildman–Crippen MR) is 113 cm³/mol. The molecule has 2 aliphatic heterocycles. The van der Waals surface area contributed by atoms with Gasteiger partial charge in [-0.25, -0.2) is 13.4 Å². The Balaban J connectivity index is 1.43. The zero-order valence-corrected chi connectivity index (χ0v) is 17.2. The summed E-state index contributed by atoms with van der Waals surface area (Å²) in [6, 6.07) is 9.96. The van der Waals surface area contributed by atoms with Gasteiger partial charge in [-0.15, -0.1) is 0 Å². The summed E-state index contributed by atoms with van der Waals surface area (Å²) in [5.74, 6) is 0.922. The number of amides is 1. The molecule has 1 aromatic carbocycles. The summed E-state index contributed by atoms with van der Waals surface area (Å²) in [5.41, 5.74) is 1.14. The van der Waals surface area contributed by atoms with Crippen molar-refractivity contribution in [1.29, 1.82) is 0 Å². The van der Waals surface area contributed by atoms with Crippen LogP contribution in [0.15, 0.2) is 47.5 Å². The number of carbonyl (C=O) groups is 1. The fraction of sp³-hybridized carbons (Fsp3) is 0.400. The van der Waals surface area contributed by atoms with Crippen LogP contribution >= 0.6 is 0 Å². The van der Waals surface area contributed by atoms with Gasteiger partial charge in [0.2, 0.25) is 5.91 Å². The second-order valence-electron chi connectivity index (χ2n) is 7.44. The summed E-state index contributed by atoms with van der Waals surface area (Å²) in [5, 5.41) is 0. The van der Waals surface area contributed by atoms with Crippen LogP contribution in [-0.4, -0.2) is 64.0 Å². The van der Waals surface area contributed by atoms with Crippen molar-refractivity contribution in [3.63, 3.8) is 0 Å². The van der Waals surface area contributed by atoms with Crippen LogP contribution in [0.4, 0.5) is 17.2 Å². The average molecular weight is 416 g/mol. The van der Waals surface area contributed by atoms with E-state index in [1.807, 2.05) is 6.07 Å². The van der Waals surface area contributed by atoms with E-state index in [1.54, 1.807) is 29.3 Å². The van der Waals surface area contributed by atoms with E-state index in [-0.39, 0.29) is 10.8 Å². The second-order valence-corrected chi connectivity index (χ2v) is 9.13. The van der Waals surface area contributed by atoms with Crippen LogP contribution in [0.2, 0.25) is 0 Å². The highest BCUT2D eigenvalue weighted by Gasteiger charge is 2.22. The lowest BCUT2D eigenvalue weighted by atomic mass is 10.3. The van der Waals surface area contributed by atoms with Crippen molar-refractivity contribution in [3.8, 4) is 0 Å². The van der Waals surface area contributed by atoms with Crippen molar-refractivity contribution in [2.75, 3.05) is 54.3 Å². The SMILES string of the molecule is CN1CCN(c2ccc(NS(=O)(=O)c3ccc(N4CCCC4=O)cc3)cn2)CC1. The molecule has 8 nitrogen and oxygen atoms in total. The zero-order valence-electron chi connectivity index (χ0n) is 16.4. The number of piperazine rings is 1. The van der Waals surface area contributed by atoms with Gasteiger partial charge in [0.05, 0.1) is 16.8 Å². The first-order valence-electron chi connectivity index (χ1n) is 9.75. The molecule has 2 aromatic rings. The Morgan fingerprint density at radius 3 is 2.28 bits per heavy atom. The smallest absolute Gasteiger partial charge is 0.261 e. The molecule has 3 heterocycles. The first kappa shape index (κ1) is 19.7. The van der Waals surface area contributed by atoms with Crippen molar-refractivity contribution >= 4 is 33.1 Å². The normalized spacial score (nSPS) is 18.3. The molecular formula is C20H25N5O3S. The number of nitrogens with zero attached hydrogens (tertiary/aromatic N) is 4. The van der Waals surface area contributed by atoms with Crippen molar-refractivity contribution in [2.24, 2.45) is 0 Å². The first-order valence-corrected chi connectivity index (χ1v) is 11.2. The number of hydrogen-bond acceptors (Lipinski definition) is 6. The van der Waals surface area contributed by atoms with E-state index in [1.165, 1.54) is 12.1 Å². The van der Waals surface area contributed by atoms with Crippen molar-refractivity contribution in [2.45, 2.75) is 17.7 Å². The lowest BCUT2D eigenvalue weighted by Gasteiger charge is -2.33. The van der Waals surface area contributed by atoms with Gasteiger partial charge in [-0.2, -0.15) is 0 Å². The average Bonchev–Trinajstić information content (AvgIpc) is 3.15. The van der Waals surface area contributed by atoms with E-state index < -0.39 is 10.0 Å². The zero-order chi connectivity index (χ0) is 20.4. The summed E-state index contributed by atoms with van der Waals surface area (Å²) in [6.07, 6.45) is 2.92. The molecule has 0 spiro atoms. The molecule has 2 saturated heterocycles. The van der Waals surface area contributed by atoms with Crippen LogP contribution in [-0.2, 0) is 14.8 Å². The van der Waals surface area contributed by atoms with E-state index in [0.29, 0.717) is 18.7 Å². The molecule has 1 aromatic heterocycles. The number of carbonyl (C=O) groups excluding carboxylic acids is 1. The molecule has 1 N–H and O–H groups in total. The first-order chi connectivity index (χ1) is 13.9. The van der Waals surface area contributed by atoms with Crippen LogP contribution in [0.1, 0.15) is 12.8 Å². The van der Waals surface area contributed by atoms with E-state index >= 15 is 0 Å². The van der Waals surface area contributed by atoms with Crippen LogP contribution in [0.3, 0.4) is 0 Å². The molecule has 0 saturated carbocycles. The third-order valence-electron chi connectivity index (χ3n) is 5.36. The van der Waals surface area contributed by atoms with Gasteiger partial charge in [-0.3, -0.25) is 9.52 Å². The topological polar surface area (TPSA) is 85.9 Å². The Morgan fingerprint density at radius 1 is 0.966 bits per heavy atom. The Hall–Kier alpha value is -2.65. The largest absolute Gasteiger partial charge is 0.354 e. The van der Waals surface area contributed by atoms with E-state index in [9.17, 15) is 13.2 Å². The molecule has 0 aliphatic carbocycles. The Kier molecular flexibility index (Phi) is 5.42. The quantitative estimate of drug-likeness (QED) is 0.801. The van der Waals surface area contributed by atoms with E-state index in [0.717, 1.165) is 44.1 Å². The lowest BCUT2D eigenvalue weighted by Crippen LogP contribution is -2.44. The molecule has 0 atom stereocenters. The standard InChI is InChI=1S/C20H25N5O3S/c1-23-11-13-24(14-12-23)19-9-4-16(15-21-19)22-29(27,28)18-7-5-17(6-8-18)25-10-2-3-20(25)26/h4-9,15,22H,2-3,10-14H2,1H3. The molecule has 29 heavy (non-hydrogen) atoms. The predicted octanol–water partition coefficient (Wildman–Crippen LogP) is 1.76. The molecule has 4 rings (SSSR count). The van der Waals surface area contributed by atoms with Gasteiger partial charge in [-0.05, 0) is 49.9 Å². The van der Waals surface area contributed by atoms with E-state index in [2.05, 4.69) is 26.6 Å². The molecule has 0 unspecified atom stereocenters. The highest BCUT2D eigenvalue weighted by Crippen LogP contribution is 2.24. The molecule has 2 fully saturated rings. The number of rotatable bonds is 5. The molecule has 0 bridgehead atoms. The van der Waals surface area contributed by atoms with Gasteiger partial charge >= 0.3 is 0 Å². The van der Waals surface area contributed by atoms with Gasteiger partial charge in [0.15, 0.2) is 0 Å². The highest BCUT2D eigenvalue weighted by molar-refractivity contribution is 7.92. The summed E-state index contributed by atoms with van der Waals surface area (Å²) < 4.78 is 27.9. The third kappa shape index (κ3) is 4.35. The number of sulfonamides is 1. The molecule has 2 aliphatic rings. The van der Waals surface area contributed by atoms with Gasteiger partial charge in [-0.1, -0.05) is 0 Å². The number of aromatic nitrogens is 1. The molecule has 1 amide bonds. The Bertz CT molecular complexity index is 968. The van der Waals surface area contributed by atoms with Gasteiger partial charge in [0.25, 0.3) is 10.0 Å². The van der Waals surface area contributed by atoms with Crippen molar-refractivity contribution in [1.82, 2.24) is 9.88 Å². The van der Waals surface area contributed by atoms with Crippen molar-refractivity contribution in [3.05, 3.63) is 42.6 Å². The lowest BCUT2D eigenvalue weighted by molar-refractivity contribution is -0.117. The number of pyridine rings is 1. The maximum absolute atomic E-state index is 12.7. The summed E-state index contributed by atoms with van der Waals surface area (Å²) in [4.78, 5) is 22.5. The summed E-state index contributed by atoms with van der Waals surface area (Å²) in [6.45, 7) is 4.44. The van der Waals surface area contributed by atoms with Crippen LogP contribution in [0.25, 0.3) is 0 Å². The highest BCUT2D eigenvalue weighted by atomic mass is 32.2. The Labute approximate surface area is 171 Å². The van der Waals surface area contributed by atoms with Crippen LogP contribution < -0.4 is 14.5 Å². The second kappa shape index (κ2) is 8.00. The van der Waals surface area contributed by atoms with E-state index in [4.69, 9.17) is 0 Å². The Morgan fingerprint density at radius 2 is 1.69 bits per heavy atom. The number of anilines is 3. The van der Waals surface area contributed by atoms with Gasteiger partial charge in [0, 0.05) is 44.8 Å². The fourth-order valence-electron chi connectivity index (χ4n) is 3.61. The minimum Gasteiger partial charge on any atom is -0.354 e. The monoisotopic (exact) mass is 415 g/mol. The molecular weight excluding hydrogens is 390 g/mol. The van der Waals surface area contributed by atoms with Gasteiger partial charge < -0.3 is 14.7 Å². The number of benzene rings is 1. The van der Waals surface area contributed by atoms with Gasteiger partial charge in [0.1, 0.15) is 5.82 Å². The number of likely N-dealkylation sites (N-methyl/N-ethyl adjacent to an activating group) is 1. The maximum atomic E-state index is 12.7. The van der Waals surface area contributed by atoms with Crippen molar-refractivity contribution < 1.29 is 13.2 Å². The minimum absolute atomic E-state index is 0.0743. The van der Waals surface area contributed by atoms with Crippen LogP contribution in [0.5, 0.6) is 0 Å². The molecule has 9 heteroatoms.